The Morgan fingerprint density at radius 1 is 1.33 bits per heavy atom. The molecule has 1 fully saturated rings. The number of allylic oxidation sites excluding steroid dienone is 1. The maximum atomic E-state index is 5.80. The third-order valence-corrected chi connectivity index (χ3v) is 3.43. The zero-order valence-electron chi connectivity index (χ0n) is 11.3. The minimum atomic E-state index is -0.105. The van der Waals surface area contributed by atoms with E-state index in [1.54, 1.807) is 0 Å². The van der Waals surface area contributed by atoms with E-state index in [4.69, 9.17) is 9.47 Å². The number of hydrogen-bond acceptors (Lipinski definition) is 2. The second-order valence-corrected chi connectivity index (χ2v) is 5.23. The molecule has 0 saturated carbocycles. The SMILES string of the molecule is C/C(=C/OCC1(C)CCCCO1)c1ccccc1. The van der Waals surface area contributed by atoms with Gasteiger partial charge >= 0.3 is 0 Å². The Hall–Kier alpha value is -1.28. The van der Waals surface area contributed by atoms with Crippen LogP contribution in [0.2, 0.25) is 0 Å². The van der Waals surface area contributed by atoms with E-state index in [0.717, 1.165) is 18.6 Å². The summed E-state index contributed by atoms with van der Waals surface area (Å²) in [6.07, 6.45) is 5.35. The largest absolute Gasteiger partial charge is 0.498 e. The summed E-state index contributed by atoms with van der Waals surface area (Å²) in [5.74, 6) is 0. The average molecular weight is 246 g/mol. The van der Waals surface area contributed by atoms with Crippen molar-refractivity contribution in [3.63, 3.8) is 0 Å². The molecule has 2 rings (SSSR count). The van der Waals surface area contributed by atoms with Crippen LogP contribution in [0, 0.1) is 0 Å². The fraction of sp³-hybridized carbons (Fsp3) is 0.500. The van der Waals surface area contributed by atoms with Crippen LogP contribution in [0.4, 0.5) is 0 Å². The van der Waals surface area contributed by atoms with Gasteiger partial charge in [-0.25, -0.2) is 0 Å². The van der Waals surface area contributed by atoms with E-state index >= 15 is 0 Å². The van der Waals surface area contributed by atoms with Crippen molar-refractivity contribution in [3.05, 3.63) is 42.2 Å². The molecule has 1 saturated heterocycles. The van der Waals surface area contributed by atoms with Gasteiger partial charge in [-0.05, 0) is 44.2 Å². The topological polar surface area (TPSA) is 18.5 Å². The Morgan fingerprint density at radius 3 is 2.78 bits per heavy atom. The average Bonchev–Trinajstić information content (AvgIpc) is 2.40. The smallest absolute Gasteiger partial charge is 0.116 e. The lowest BCUT2D eigenvalue weighted by molar-refractivity contribution is -0.0967. The molecule has 1 heterocycles. The van der Waals surface area contributed by atoms with Gasteiger partial charge in [0.2, 0.25) is 0 Å². The van der Waals surface area contributed by atoms with Crippen LogP contribution in [0.25, 0.3) is 5.57 Å². The normalized spacial score (nSPS) is 24.9. The lowest BCUT2D eigenvalue weighted by atomic mass is 9.97. The van der Waals surface area contributed by atoms with Crippen molar-refractivity contribution in [2.45, 2.75) is 38.7 Å². The molecule has 0 N–H and O–H groups in total. The van der Waals surface area contributed by atoms with Crippen LogP contribution >= 0.6 is 0 Å². The summed E-state index contributed by atoms with van der Waals surface area (Å²) in [5, 5.41) is 0. The molecule has 2 nitrogen and oxygen atoms in total. The summed E-state index contributed by atoms with van der Waals surface area (Å²) in [4.78, 5) is 0. The molecule has 1 aromatic carbocycles. The fourth-order valence-corrected chi connectivity index (χ4v) is 2.22. The zero-order chi connectivity index (χ0) is 12.8. The molecule has 0 spiro atoms. The van der Waals surface area contributed by atoms with Gasteiger partial charge in [0.15, 0.2) is 0 Å². The van der Waals surface area contributed by atoms with Gasteiger partial charge in [-0.2, -0.15) is 0 Å². The number of hydrogen-bond donors (Lipinski definition) is 0. The van der Waals surface area contributed by atoms with Gasteiger partial charge < -0.3 is 9.47 Å². The molecule has 2 heteroatoms. The number of ether oxygens (including phenoxy) is 2. The Bertz CT molecular complexity index is 389. The van der Waals surface area contributed by atoms with Gasteiger partial charge in [-0.1, -0.05) is 30.3 Å². The standard InChI is InChI=1S/C16H22O2/c1-14(15-8-4-3-5-9-15)12-17-13-16(2)10-6-7-11-18-16/h3-5,8-9,12H,6-7,10-11,13H2,1-2H3/b14-12-. The van der Waals surface area contributed by atoms with Gasteiger partial charge in [0, 0.05) is 6.61 Å². The van der Waals surface area contributed by atoms with Gasteiger partial charge in [0.1, 0.15) is 6.61 Å². The quantitative estimate of drug-likeness (QED) is 0.747. The molecule has 1 atom stereocenters. The molecular weight excluding hydrogens is 224 g/mol. The monoisotopic (exact) mass is 246 g/mol. The van der Waals surface area contributed by atoms with Crippen LogP contribution in [-0.4, -0.2) is 18.8 Å². The van der Waals surface area contributed by atoms with E-state index in [2.05, 4.69) is 26.0 Å². The highest BCUT2D eigenvalue weighted by Gasteiger charge is 2.28. The minimum absolute atomic E-state index is 0.105. The van der Waals surface area contributed by atoms with Crippen molar-refractivity contribution < 1.29 is 9.47 Å². The van der Waals surface area contributed by atoms with E-state index in [9.17, 15) is 0 Å². The predicted molar refractivity (Wildman–Crippen MR) is 74.3 cm³/mol. The van der Waals surface area contributed by atoms with Crippen LogP contribution in [0.5, 0.6) is 0 Å². The van der Waals surface area contributed by atoms with E-state index in [1.165, 1.54) is 18.4 Å². The van der Waals surface area contributed by atoms with Crippen molar-refractivity contribution in [3.8, 4) is 0 Å². The predicted octanol–water partition coefficient (Wildman–Crippen LogP) is 4.02. The van der Waals surface area contributed by atoms with Crippen molar-refractivity contribution in [1.82, 2.24) is 0 Å². The molecule has 98 valence electrons. The summed E-state index contributed by atoms with van der Waals surface area (Å²) in [7, 11) is 0. The maximum absolute atomic E-state index is 5.80. The first-order valence-corrected chi connectivity index (χ1v) is 6.67. The van der Waals surface area contributed by atoms with E-state index < -0.39 is 0 Å². The molecule has 0 bridgehead atoms. The van der Waals surface area contributed by atoms with Gasteiger partial charge in [-0.3, -0.25) is 0 Å². The maximum Gasteiger partial charge on any atom is 0.116 e. The van der Waals surface area contributed by atoms with Crippen LogP contribution in [0.15, 0.2) is 36.6 Å². The Kier molecular flexibility index (Phi) is 4.43. The fourth-order valence-electron chi connectivity index (χ4n) is 2.22. The third-order valence-electron chi connectivity index (χ3n) is 3.43. The summed E-state index contributed by atoms with van der Waals surface area (Å²) in [5.41, 5.74) is 2.24. The van der Waals surface area contributed by atoms with Crippen molar-refractivity contribution in [2.24, 2.45) is 0 Å². The summed E-state index contributed by atoms with van der Waals surface area (Å²) in [6, 6.07) is 10.3. The first-order valence-electron chi connectivity index (χ1n) is 6.67. The molecule has 0 amide bonds. The third kappa shape index (κ3) is 3.61. The zero-order valence-corrected chi connectivity index (χ0v) is 11.3. The lowest BCUT2D eigenvalue weighted by Gasteiger charge is -2.33. The molecule has 1 aliphatic rings. The van der Waals surface area contributed by atoms with E-state index in [0.29, 0.717) is 6.61 Å². The van der Waals surface area contributed by atoms with Crippen molar-refractivity contribution in [2.75, 3.05) is 13.2 Å². The molecule has 18 heavy (non-hydrogen) atoms. The van der Waals surface area contributed by atoms with Crippen LogP contribution in [0.1, 0.15) is 38.7 Å². The van der Waals surface area contributed by atoms with E-state index in [1.807, 2.05) is 24.5 Å². The second kappa shape index (κ2) is 6.05. The molecule has 0 aromatic heterocycles. The highest BCUT2D eigenvalue weighted by molar-refractivity contribution is 5.62. The Labute approximate surface area is 110 Å². The molecular formula is C16H22O2. The Balaban J connectivity index is 1.87. The minimum Gasteiger partial charge on any atom is -0.498 e. The highest BCUT2D eigenvalue weighted by Crippen LogP contribution is 2.25. The molecule has 1 unspecified atom stereocenters. The first-order chi connectivity index (χ1) is 8.70. The molecule has 0 aliphatic carbocycles. The Morgan fingerprint density at radius 2 is 2.11 bits per heavy atom. The molecule has 1 aliphatic heterocycles. The first kappa shape index (κ1) is 13.2. The highest BCUT2D eigenvalue weighted by atomic mass is 16.5. The number of rotatable bonds is 4. The van der Waals surface area contributed by atoms with Crippen molar-refractivity contribution >= 4 is 5.57 Å². The van der Waals surface area contributed by atoms with Crippen LogP contribution in [-0.2, 0) is 9.47 Å². The summed E-state index contributed by atoms with van der Waals surface area (Å²) in [6.45, 7) is 5.70. The van der Waals surface area contributed by atoms with Gasteiger partial charge in [0.05, 0.1) is 11.9 Å². The number of benzene rings is 1. The summed E-state index contributed by atoms with van der Waals surface area (Å²) >= 11 is 0. The van der Waals surface area contributed by atoms with Gasteiger partial charge in [-0.15, -0.1) is 0 Å². The van der Waals surface area contributed by atoms with Crippen LogP contribution < -0.4 is 0 Å². The lowest BCUT2D eigenvalue weighted by Crippen LogP contribution is -2.37. The van der Waals surface area contributed by atoms with Crippen molar-refractivity contribution in [1.29, 1.82) is 0 Å². The van der Waals surface area contributed by atoms with Gasteiger partial charge in [0.25, 0.3) is 0 Å². The second-order valence-electron chi connectivity index (χ2n) is 5.23. The van der Waals surface area contributed by atoms with Crippen LogP contribution in [0.3, 0.4) is 0 Å². The molecule has 1 aromatic rings. The van der Waals surface area contributed by atoms with E-state index in [-0.39, 0.29) is 5.60 Å². The molecule has 0 radical (unpaired) electrons. The summed E-state index contributed by atoms with van der Waals surface area (Å²) < 4.78 is 11.5.